The highest BCUT2D eigenvalue weighted by Gasteiger charge is 2.21. The molecule has 2 heterocycles. The summed E-state index contributed by atoms with van der Waals surface area (Å²) in [5.41, 5.74) is 5.13. The Morgan fingerprint density at radius 3 is 2.40 bits per heavy atom. The van der Waals surface area contributed by atoms with Crippen molar-refractivity contribution in [1.82, 2.24) is 19.9 Å². The zero-order chi connectivity index (χ0) is 17.4. The molecular formula is C19H16ClN5. The van der Waals surface area contributed by atoms with E-state index >= 15 is 0 Å². The number of nitrogens with zero attached hydrogens (tertiary/aromatic N) is 4. The molecule has 0 fully saturated rings. The Kier molecular flexibility index (Phi) is 3.86. The summed E-state index contributed by atoms with van der Waals surface area (Å²) in [6.07, 6.45) is 1.65. The van der Waals surface area contributed by atoms with Crippen LogP contribution in [0.25, 0.3) is 11.0 Å². The van der Waals surface area contributed by atoms with Gasteiger partial charge >= 0.3 is 0 Å². The molecule has 4 aromatic rings. The maximum absolute atomic E-state index is 6.04. The Morgan fingerprint density at radius 2 is 1.68 bits per heavy atom. The lowest BCUT2D eigenvalue weighted by molar-refractivity contribution is 1.06. The van der Waals surface area contributed by atoms with E-state index in [1.165, 1.54) is 0 Å². The van der Waals surface area contributed by atoms with E-state index in [9.17, 15) is 0 Å². The van der Waals surface area contributed by atoms with Crippen LogP contribution in [0, 0.1) is 13.8 Å². The number of hydrogen-bond donors (Lipinski definition) is 1. The minimum atomic E-state index is 0.199. The van der Waals surface area contributed by atoms with Gasteiger partial charge in [-0.3, -0.25) is 4.90 Å². The highest BCUT2D eigenvalue weighted by molar-refractivity contribution is 6.28. The van der Waals surface area contributed by atoms with Crippen molar-refractivity contribution in [3.8, 4) is 0 Å². The number of anilines is 3. The van der Waals surface area contributed by atoms with Gasteiger partial charge in [0, 0.05) is 6.20 Å². The van der Waals surface area contributed by atoms with E-state index in [1.54, 1.807) is 6.20 Å². The molecular weight excluding hydrogens is 334 g/mol. The number of para-hydroxylation sites is 3. The molecule has 0 aliphatic heterocycles. The number of hydrogen-bond acceptors (Lipinski definition) is 4. The quantitative estimate of drug-likeness (QED) is 0.523. The van der Waals surface area contributed by atoms with Crippen LogP contribution in [0.2, 0.25) is 5.28 Å². The molecule has 0 unspecified atom stereocenters. The maximum Gasteiger partial charge on any atom is 0.224 e. The van der Waals surface area contributed by atoms with Crippen molar-refractivity contribution in [2.24, 2.45) is 0 Å². The van der Waals surface area contributed by atoms with Gasteiger partial charge in [0.2, 0.25) is 11.2 Å². The standard InChI is InChI=1S/C19H16ClN5/c1-12-6-5-7-13(2)17(12)25(16-10-11-21-18(20)24-16)19-22-14-8-3-4-9-15(14)23-19/h3-11H,1-2H3,(H,22,23). The van der Waals surface area contributed by atoms with Gasteiger partial charge in [-0.2, -0.15) is 4.98 Å². The van der Waals surface area contributed by atoms with E-state index < -0.39 is 0 Å². The lowest BCUT2D eigenvalue weighted by Crippen LogP contribution is -2.15. The molecule has 2 aromatic carbocycles. The second-order valence-corrected chi connectivity index (χ2v) is 6.18. The molecule has 0 saturated heterocycles. The summed E-state index contributed by atoms with van der Waals surface area (Å²) < 4.78 is 0. The van der Waals surface area contributed by atoms with Crippen molar-refractivity contribution in [1.29, 1.82) is 0 Å². The summed E-state index contributed by atoms with van der Waals surface area (Å²) in [6, 6.07) is 15.9. The van der Waals surface area contributed by atoms with Crippen LogP contribution in [-0.2, 0) is 0 Å². The van der Waals surface area contributed by atoms with Crippen molar-refractivity contribution in [2.45, 2.75) is 13.8 Å². The lowest BCUT2D eigenvalue weighted by atomic mass is 10.1. The number of imidazole rings is 1. The first kappa shape index (κ1) is 15.6. The van der Waals surface area contributed by atoms with Gasteiger partial charge in [0.05, 0.1) is 16.7 Å². The van der Waals surface area contributed by atoms with Gasteiger partial charge in [0.1, 0.15) is 5.82 Å². The van der Waals surface area contributed by atoms with Gasteiger partial charge in [-0.25, -0.2) is 9.97 Å². The molecule has 25 heavy (non-hydrogen) atoms. The van der Waals surface area contributed by atoms with Crippen LogP contribution in [-0.4, -0.2) is 19.9 Å². The number of H-pyrrole nitrogens is 1. The molecule has 0 spiro atoms. The Bertz CT molecular complexity index is 1000. The van der Waals surface area contributed by atoms with Crippen LogP contribution >= 0.6 is 11.6 Å². The van der Waals surface area contributed by atoms with E-state index in [4.69, 9.17) is 16.6 Å². The summed E-state index contributed by atoms with van der Waals surface area (Å²) >= 11 is 6.04. The summed E-state index contributed by atoms with van der Waals surface area (Å²) in [7, 11) is 0. The third-order valence-electron chi connectivity index (χ3n) is 4.09. The average Bonchev–Trinajstić information content (AvgIpc) is 3.01. The first-order valence-corrected chi connectivity index (χ1v) is 8.31. The van der Waals surface area contributed by atoms with Crippen LogP contribution in [0.15, 0.2) is 54.7 Å². The van der Waals surface area contributed by atoms with E-state index in [2.05, 4.69) is 40.9 Å². The largest absolute Gasteiger partial charge is 0.323 e. The monoisotopic (exact) mass is 349 g/mol. The zero-order valence-corrected chi connectivity index (χ0v) is 14.6. The van der Waals surface area contributed by atoms with E-state index in [0.717, 1.165) is 27.8 Å². The summed E-state index contributed by atoms with van der Waals surface area (Å²) in [4.78, 5) is 18.5. The first-order chi connectivity index (χ1) is 12.1. The van der Waals surface area contributed by atoms with Gasteiger partial charge < -0.3 is 4.98 Å². The van der Waals surface area contributed by atoms with Crippen molar-refractivity contribution < 1.29 is 0 Å². The van der Waals surface area contributed by atoms with Crippen molar-refractivity contribution in [3.05, 3.63) is 71.1 Å². The highest BCUT2D eigenvalue weighted by atomic mass is 35.5. The fraction of sp³-hybridized carbons (Fsp3) is 0.105. The number of aromatic nitrogens is 4. The van der Waals surface area contributed by atoms with Crippen LogP contribution < -0.4 is 4.90 Å². The van der Waals surface area contributed by atoms with E-state index in [1.807, 2.05) is 41.3 Å². The van der Waals surface area contributed by atoms with Crippen molar-refractivity contribution in [2.75, 3.05) is 4.90 Å². The number of nitrogens with one attached hydrogen (secondary N) is 1. The Morgan fingerprint density at radius 1 is 0.920 bits per heavy atom. The van der Waals surface area contributed by atoms with Crippen LogP contribution in [0.4, 0.5) is 17.5 Å². The predicted molar refractivity (Wildman–Crippen MR) is 101 cm³/mol. The SMILES string of the molecule is Cc1cccc(C)c1N(c1ccnc(Cl)n1)c1nc2ccccc2[nH]1. The average molecular weight is 350 g/mol. The molecule has 0 saturated carbocycles. The number of halogens is 1. The number of rotatable bonds is 3. The smallest absolute Gasteiger partial charge is 0.224 e. The van der Waals surface area contributed by atoms with Crippen LogP contribution in [0.3, 0.4) is 0 Å². The molecule has 0 aliphatic rings. The fourth-order valence-electron chi connectivity index (χ4n) is 2.98. The molecule has 0 aliphatic carbocycles. The van der Waals surface area contributed by atoms with Crippen LogP contribution in [0.1, 0.15) is 11.1 Å². The highest BCUT2D eigenvalue weighted by Crippen LogP contribution is 2.36. The minimum Gasteiger partial charge on any atom is -0.323 e. The number of fused-ring (bicyclic) bond motifs is 1. The molecule has 0 bridgehead atoms. The van der Waals surface area contributed by atoms with Gasteiger partial charge in [-0.05, 0) is 54.8 Å². The molecule has 124 valence electrons. The van der Waals surface area contributed by atoms with Gasteiger partial charge in [0.15, 0.2) is 0 Å². The molecule has 0 amide bonds. The minimum absolute atomic E-state index is 0.199. The topological polar surface area (TPSA) is 57.7 Å². The molecule has 0 atom stereocenters. The third-order valence-corrected chi connectivity index (χ3v) is 4.27. The van der Waals surface area contributed by atoms with Gasteiger partial charge in [0.25, 0.3) is 0 Å². The molecule has 1 N–H and O–H groups in total. The number of aryl methyl sites for hydroxylation is 2. The van der Waals surface area contributed by atoms with Crippen molar-refractivity contribution >= 4 is 40.1 Å². The predicted octanol–water partition coefficient (Wildman–Crippen LogP) is 5.09. The Labute approximate surface area is 150 Å². The molecule has 4 rings (SSSR count). The van der Waals surface area contributed by atoms with Gasteiger partial charge in [-0.15, -0.1) is 0 Å². The number of aromatic amines is 1. The molecule has 5 nitrogen and oxygen atoms in total. The summed E-state index contributed by atoms with van der Waals surface area (Å²) in [5.74, 6) is 1.35. The molecule has 6 heteroatoms. The Hall–Kier alpha value is -2.92. The zero-order valence-electron chi connectivity index (χ0n) is 13.9. The molecule has 0 radical (unpaired) electrons. The van der Waals surface area contributed by atoms with Crippen LogP contribution in [0.5, 0.6) is 0 Å². The second kappa shape index (κ2) is 6.18. The lowest BCUT2D eigenvalue weighted by Gasteiger charge is -2.24. The maximum atomic E-state index is 6.04. The van der Waals surface area contributed by atoms with E-state index in [-0.39, 0.29) is 5.28 Å². The van der Waals surface area contributed by atoms with Gasteiger partial charge in [-0.1, -0.05) is 30.3 Å². The van der Waals surface area contributed by atoms with E-state index in [0.29, 0.717) is 11.8 Å². The van der Waals surface area contributed by atoms with Crippen molar-refractivity contribution in [3.63, 3.8) is 0 Å². The molecule has 2 aromatic heterocycles. The fourth-order valence-corrected chi connectivity index (χ4v) is 3.13. The first-order valence-electron chi connectivity index (χ1n) is 7.93. The second-order valence-electron chi connectivity index (χ2n) is 5.84. The summed E-state index contributed by atoms with van der Waals surface area (Å²) in [5, 5.41) is 0.199. The number of benzene rings is 2. The third kappa shape index (κ3) is 2.83. The summed E-state index contributed by atoms with van der Waals surface area (Å²) in [6.45, 7) is 4.14. The normalized spacial score (nSPS) is 11.0. The Balaban J connectivity index is 1.98.